The Bertz CT molecular complexity index is 1040. The first kappa shape index (κ1) is 19.2. The maximum atomic E-state index is 12.3. The molecule has 144 valence electrons. The minimum Gasteiger partial charge on any atom is -0.497 e. The molecule has 7 nitrogen and oxygen atoms in total. The Morgan fingerprint density at radius 2 is 1.25 bits per heavy atom. The lowest BCUT2D eigenvalue weighted by atomic mass is 10.3. The molecule has 0 radical (unpaired) electrons. The van der Waals surface area contributed by atoms with Gasteiger partial charge in [-0.1, -0.05) is 18.2 Å². The van der Waals surface area contributed by atoms with Gasteiger partial charge < -0.3 is 15.4 Å². The molecule has 0 aliphatic carbocycles. The second kappa shape index (κ2) is 8.45. The van der Waals surface area contributed by atoms with Crippen LogP contribution in [-0.4, -0.2) is 21.6 Å². The van der Waals surface area contributed by atoms with Crippen LogP contribution in [0.15, 0.2) is 83.8 Å². The molecule has 0 heterocycles. The number of hydrogen-bond donors (Lipinski definition) is 3. The number of amides is 2. The van der Waals surface area contributed by atoms with Gasteiger partial charge in [-0.15, -0.1) is 0 Å². The number of ether oxygens (including phenoxy) is 1. The molecule has 0 bridgehead atoms. The molecule has 0 saturated carbocycles. The number of carbonyl (C=O) groups is 1. The lowest BCUT2D eigenvalue weighted by Gasteiger charge is -2.10. The quantitative estimate of drug-likeness (QED) is 0.582. The first-order valence-corrected chi connectivity index (χ1v) is 9.84. The molecule has 0 saturated heterocycles. The summed E-state index contributed by atoms with van der Waals surface area (Å²) in [6.07, 6.45) is 0. The Morgan fingerprint density at radius 3 is 1.79 bits per heavy atom. The van der Waals surface area contributed by atoms with Gasteiger partial charge in [0.05, 0.1) is 12.0 Å². The van der Waals surface area contributed by atoms with Gasteiger partial charge in [0.25, 0.3) is 10.0 Å². The van der Waals surface area contributed by atoms with Gasteiger partial charge >= 0.3 is 6.03 Å². The Kier molecular flexibility index (Phi) is 5.81. The van der Waals surface area contributed by atoms with E-state index in [-0.39, 0.29) is 4.90 Å². The van der Waals surface area contributed by atoms with Crippen LogP contribution in [0.3, 0.4) is 0 Å². The van der Waals surface area contributed by atoms with Crippen LogP contribution in [0, 0.1) is 0 Å². The van der Waals surface area contributed by atoms with E-state index in [0.29, 0.717) is 22.8 Å². The molecule has 0 aromatic heterocycles. The summed E-state index contributed by atoms with van der Waals surface area (Å²) in [5, 5.41) is 5.38. The number of anilines is 3. The first-order chi connectivity index (χ1) is 13.5. The maximum absolute atomic E-state index is 12.3. The van der Waals surface area contributed by atoms with Crippen molar-refractivity contribution in [3.8, 4) is 5.75 Å². The molecule has 3 N–H and O–H groups in total. The summed E-state index contributed by atoms with van der Waals surface area (Å²) in [5.41, 5.74) is 1.53. The molecule has 0 fully saturated rings. The van der Waals surface area contributed by atoms with Crippen LogP contribution in [0.4, 0.5) is 21.9 Å². The predicted octanol–water partition coefficient (Wildman–Crippen LogP) is 4.14. The molecule has 28 heavy (non-hydrogen) atoms. The highest BCUT2D eigenvalue weighted by molar-refractivity contribution is 7.92. The number of urea groups is 1. The third-order valence-electron chi connectivity index (χ3n) is 3.80. The van der Waals surface area contributed by atoms with Crippen molar-refractivity contribution >= 4 is 33.1 Å². The number of carbonyl (C=O) groups excluding carboxylic acids is 1. The van der Waals surface area contributed by atoms with E-state index in [0.717, 1.165) is 0 Å². The summed E-state index contributed by atoms with van der Waals surface area (Å²) < 4.78 is 32.2. The standard InChI is InChI=1S/C20H19N3O4S/c1-27-18-13-11-16(12-14-18)22-20(24)21-15-7-9-17(10-8-15)23-28(25,26)19-5-3-2-4-6-19/h2-14,23H,1H3,(H2,21,22,24). The molecule has 0 aliphatic heterocycles. The number of sulfonamides is 1. The summed E-state index contributed by atoms with van der Waals surface area (Å²) >= 11 is 0. The second-order valence-corrected chi connectivity index (χ2v) is 7.49. The fourth-order valence-electron chi connectivity index (χ4n) is 2.40. The fourth-order valence-corrected chi connectivity index (χ4v) is 3.48. The highest BCUT2D eigenvalue weighted by Crippen LogP contribution is 2.19. The van der Waals surface area contributed by atoms with Gasteiger partial charge in [-0.25, -0.2) is 13.2 Å². The number of rotatable bonds is 6. The van der Waals surface area contributed by atoms with Crippen LogP contribution < -0.4 is 20.1 Å². The van der Waals surface area contributed by atoms with Crippen molar-refractivity contribution in [1.29, 1.82) is 0 Å². The molecule has 0 atom stereocenters. The van der Waals surface area contributed by atoms with E-state index in [2.05, 4.69) is 15.4 Å². The van der Waals surface area contributed by atoms with Gasteiger partial charge in [0, 0.05) is 17.1 Å². The normalized spacial score (nSPS) is 10.8. The SMILES string of the molecule is COc1ccc(NC(=O)Nc2ccc(NS(=O)(=O)c3ccccc3)cc2)cc1. The van der Waals surface area contributed by atoms with Crippen molar-refractivity contribution in [3.63, 3.8) is 0 Å². The Hall–Kier alpha value is -3.52. The summed E-state index contributed by atoms with van der Waals surface area (Å²) in [5.74, 6) is 0.694. The van der Waals surface area contributed by atoms with Gasteiger partial charge in [-0.2, -0.15) is 0 Å². The Morgan fingerprint density at radius 1 is 0.750 bits per heavy atom. The zero-order valence-corrected chi connectivity index (χ0v) is 15.9. The molecule has 0 spiro atoms. The number of benzene rings is 3. The summed E-state index contributed by atoms with van der Waals surface area (Å²) in [6.45, 7) is 0. The first-order valence-electron chi connectivity index (χ1n) is 8.36. The molecular weight excluding hydrogens is 378 g/mol. The average Bonchev–Trinajstić information content (AvgIpc) is 2.70. The zero-order valence-electron chi connectivity index (χ0n) is 15.0. The lowest BCUT2D eigenvalue weighted by Crippen LogP contribution is -2.19. The van der Waals surface area contributed by atoms with E-state index in [1.165, 1.54) is 12.1 Å². The molecule has 3 aromatic carbocycles. The van der Waals surface area contributed by atoms with Crippen LogP contribution in [0.1, 0.15) is 0 Å². The smallest absolute Gasteiger partial charge is 0.323 e. The van der Waals surface area contributed by atoms with E-state index >= 15 is 0 Å². The van der Waals surface area contributed by atoms with Gasteiger partial charge in [-0.05, 0) is 60.7 Å². The molecule has 3 aromatic rings. The highest BCUT2D eigenvalue weighted by Gasteiger charge is 2.13. The lowest BCUT2D eigenvalue weighted by molar-refractivity contribution is 0.262. The van der Waals surface area contributed by atoms with Crippen molar-refractivity contribution in [2.24, 2.45) is 0 Å². The van der Waals surface area contributed by atoms with Crippen molar-refractivity contribution in [3.05, 3.63) is 78.9 Å². The number of hydrogen-bond acceptors (Lipinski definition) is 4. The molecular formula is C20H19N3O4S. The van der Waals surface area contributed by atoms with Crippen molar-refractivity contribution in [1.82, 2.24) is 0 Å². The van der Waals surface area contributed by atoms with E-state index in [4.69, 9.17) is 4.74 Å². The fraction of sp³-hybridized carbons (Fsp3) is 0.0500. The monoisotopic (exact) mass is 397 g/mol. The minimum atomic E-state index is -3.66. The van der Waals surface area contributed by atoms with Crippen LogP contribution in [-0.2, 0) is 10.0 Å². The van der Waals surface area contributed by atoms with Crippen molar-refractivity contribution in [2.75, 3.05) is 22.5 Å². The molecule has 2 amide bonds. The molecule has 3 rings (SSSR count). The van der Waals surface area contributed by atoms with Gasteiger partial charge in [0.2, 0.25) is 0 Å². The van der Waals surface area contributed by atoms with E-state index in [1.54, 1.807) is 73.8 Å². The molecule has 0 aliphatic rings. The second-order valence-electron chi connectivity index (χ2n) is 5.80. The van der Waals surface area contributed by atoms with E-state index < -0.39 is 16.1 Å². The van der Waals surface area contributed by atoms with Gasteiger partial charge in [0.1, 0.15) is 5.75 Å². The van der Waals surface area contributed by atoms with E-state index in [1.807, 2.05) is 0 Å². The molecule has 8 heteroatoms. The summed E-state index contributed by atoms with van der Waals surface area (Å²) in [4.78, 5) is 12.2. The Labute approximate surface area is 163 Å². The topological polar surface area (TPSA) is 96.5 Å². The van der Waals surface area contributed by atoms with E-state index in [9.17, 15) is 13.2 Å². The zero-order chi connectivity index (χ0) is 20.0. The van der Waals surface area contributed by atoms with Gasteiger partial charge in [0.15, 0.2) is 0 Å². The van der Waals surface area contributed by atoms with Crippen molar-refractivity contribution < 1.29 is 17.9 Å². The number of methoxy groups -OCH3 is 1. The highest BCUT2D eigenvalue weighted by atomic mass is 32.2. The van der Waals surface area contributed by atoms with Crippen LogP contribution >= 0.6 is 0 Å². The van der Waals surface area contributed by atoms with Crippen LogP contribution in [0.5, 0.6) is 5.75 Å². The van der Waals surface area contributed by atoms with Crippen LogP contribution in [0.25, 0.3) is 0 Å². The Balaban J connectivity index is 1.60. The average molecular weight is 397 g/mol. The summed E-state index contributed by atoms with van der Waals surface area (Å²) in [6, 6.07) is 21.0. The maximum Gasteiger partial charge on any atom is 0.323 e. The minimum absolute atomic E-state index is 0.177. The number of nitrogens with one attached hydrogen (secondary N) is 3. The third-order valence-corrected chi connectivity index (χ3v) is 5.19. The van der Waals surface area contributed by atoms with Crippen LogP contribution in [0.2, 0.25) is 0 Å². The van der Waals surface area contributed by atoms with Crippen molar-refractivity contribution in [2.45, 2.75) is 4.90 Å². The largest absolute Gasteiger partial charge is 0.497 e. The third kappa shape index (κ3) is 5.01. The molecule has 0 unspecified atom stereocenters. The summed E-state index contributed by atoms with van der Waals surface area (Å²) in [7, 11) is -2.09. The predicted molar refractivity (Wildman–Crippen MR) is 109 cm³/mol. The van der Waals surface area contributed by atoms with Gasteiger partial charge in [-0.3, -0.25) is 4.72 Å².